The SMILES string of the molecule is Cc1ccc(C(=O)Nc2cc(F)cc(CN3CCN(C(=O)C4CC(F)(F)C4)[C@@H](C)C3)c2C)cn1. The van der Waals surface area contributed by atoms with Gasteiger partial charge in [0, 0.05) is 68.6 Å². The summed E-state index contributed by atoms with van der Waals surface area (Å²) in [6.07, 6.45) is 0.746. The van der Waals surface area contributed by atoms with Gasteiger partial charge in [0.25, 0.3) is 5.91 Å². The van der Waals surface area contributed by atoms with E-state index in [0.717, 1.165) is 16.8 Å². The Hall–Kier alpha value is -2.94. The van der Waals surface area contributed by atoms with Crippen LogP contribution < -0.4 is 5.32 Å². The number of pyridine rings is 1. The molecule has 182 valence electrons. The minimum Gasteiger partial charge on any atom is -0.337 e. The second-order valence-corrected chi connectivity index (χ2v) is 9.46. The number of benzene rings is 1. The van der Waals surface area contributed by atoms with Crippen LogP contribution in [0.5, 0.6) is 0 Å². The van der Waals surface area contributed by atoms with Crippen LogP contribution in [-0.2, 0) is 11.3 Å². The lowest BCUT2D eigenvalue weighted by atomic mass is 9.80. The van der Waals surface area contributed by atoms with Crippen LogP contribution in [0.15, 0.2) is 30.5 Å². The highest BCUT2D eigenvalue weighted by Crippen LogP contribution is 2.43. The van der Waals surface area contributed by atoms with Crippen molar-refractivity contribution in [2.24, 2.45) is 5.92 Å². The summed E-state index contributed by atoms with van der Waals surface area (Å²) in [5.41, 5.74) is 3.08. The van der Waals surface area contributed by atoms with Gasteiger partial charge in [0.05, 0.1) is 5.56 Å². The summed E-state index contributed by atoms with van der Waals surface area (Å²) < 4.78 is 40.8. The molecule has 0 unspecified atom stereocenters. The monoisotopic (exact) mass is 474 g/mol. The van der Waals surface area contributed by atoms with Gasteiger partial charge in [-0.15, -0.1) is 0 Å². The third-order valence-corrected chi connectivity index (χ3v) is 6.73. The second kappa shape index (κ2) is 9.37. The number of alkyl halides is 2. The van der Waals surface area contributed by atoms with Crippen LogP contribution in [0.1, 0.15) is 46.9 Å². The smallest absolute Gasteiger partial charge is 0.257 e. The van der Waals surface area contributed by atoms with Crippen LogP contribution in [0.3, 0.4) is 0 Å². The van der Waals surface area contributed by atoms with Crippen molar-refractivity contribution in [3.05, 3.63) is 58.7 Å². The van der Waals surface area contributed by atoms with E-state index in [9.17, 15) is 22.8 Å². The van der Waals surface area contributed by atoms with Crippen molar-refractivity contribution in [2.75, 3.05) is 25.0 Å². The highest BCUT2D eigenvalue weighted by Gasteiger charge is 2.50. The predicted molar refractivity (Wildman–Crippen MR) is 122 cm³/mol. The van der Waals surface area contributed by atoms with E-state index in [-0.39, 0.29) is 30.7 Å². The first-order valence-corrected chi connectivity index (χ1v) is 11.5. The topological polar surface area (TPSA) is 65.5 Å². The molecule has 1 saturated heterocycles. The van der Waals surface area contributed by atoms with Gasteiger partial charge in [-0.25, -0.2) is 13.2 Å². The second-order valence-electron chi connectivity index (χ2n) is 9.46. The van der Waals surface area contributed by atoms with Gasteiger partial charge in [0.15, 0.2) is 0 Å². The van der Waals surface area contributed by atoms with Crippen LogP contribution in [0.25, 0.3) is 0 Å². The lowest BCUT2D eigenvalue weighted by molar-refractivity contribution is -0.163. The molecular weight excluding hydrogens is 445 g/mol. The highest BCUT2D eigenvalue weighted by molar-refractivity contribution is 6.04. The fraction of sp³-hybridized carbons (Fsp3) is 0.480. The molecule has 34 heavy (non-hydrogen) atoms. The van der Waals surface area contributed by atoms with Gasteiger partial charge in [0.1, 0.15) is 5.82 Å². The molecule has 1 saturated carbocycles. The van der Waals surface area contributed by atoms with Crippen molar-refractivity contribution < 1.29 is 22.8 Å². The number of nitrogens with one attached hydrogen (secondary N) is 1. The van der Waals surface area contributed by atoms with Crippen LogP contribution in [-0.4, -0.2) is 58.2 Å². The standard InChI is InChI=1S/C25H29F3N4O2/c1-15-4-5-18(12-29-15)23(33)30-22-9-21(26)8-19(17(22)3)14-31-6-7-32(16(2)13-31)24(34)20-10-25(27,28)11-20/h4-5,8-9,12,16,20H,6-7,10-11,13-14H2,1-3H3,(H,30,33)/t16-/m0/s1. The zero-order chi connectivity index (χ0) is 24.6. The molecule has 1 aromatic heterocycles. The maximum atomic E-state index is 14.4. The molecule has 2 heterocycles. The number of aryl methyl sites for hydroxylation is 1. The van der Waals surface area contributed by atoms with Crippen LogP contribution in [0.4, 0.5) is 18.9 Å². The quantitative estimate of drug-likeness (QED) is 0.707. The Morgan fingerprint density at radius 2 is 1.91 bits per heavy atom. The average molecular weight is 475 g/mol. The lowest BCUT2D eigenvalue weighted by Gasteiger charge is -2.44. The Labute approximate surface area is 197 Å². The van der Waals surface area contributed by atoms with Gasteiger partial charge < -0.3 is 10.2 Å². The number of hydrogen-bond donors (Lipinski definition) is 1. The van der Waals surface area contributed by atoms with E-state index in [1.54, 1.807) is 17.0 Å². The fourth-order valence-electron chi connectivity index (χ4n) is 4.64. The maximum absolute atomic E-state index is 14.4. The number of carbonyl (C=O) groups excluding carboxylic acids is 2. The van der Waals surface area contributed by atoms with E-state index < -0.39 is 17.7 Å². The molecule has 1 atom stereocenters. The Bertz CT molecular complexity index is 1080. The Morgan fingerprint density at radius 3 is 2.53 bits per heavy atom. The van der Waals surface area contributed by atoms with Gasteiger partial charge >= 0.3 is 0 Å². The maximum Gasteiger partial charge on any atom is 0.257 e. The van der Waals surface area contributed by atoms with Gasteiger partial charge in [-0.2, -0.15) is 0 Å². The Kier molecular flexibility index (Phi) is 6.66. The summed E-state index contributed by atoms with van der Waals surface area (Å²) in [5.74, 6) is -4.33. The van der Waals surface area contributed by atoms with E-state index in [1.165, 1.54) is 18.3 Å². The molecule has 2 aliphatic rings. The summed E-state index contributed by atoms with van der Waals surface area (Å²) in [7, 11) is 0. The molecule has 1 aliphatic heterocycles. The fourth-order valence-corrected chi connectivity index (χ4v) is 4.64. The average Bonchev–Trinajstić information content (AvgIpc) is 2.75. The summed E-state index contributed by atoms with van der Waals surface area (Å²) >= 11 is 0. The molecule has 4 rings (SSSR count). The van der Waals surface area contributed by atoms with Crippen molar-refractivity contribution in [3.63, 3.8) is 0 Å². The van der Waals surface area contributed by atoms with Crippen molar-refractivity contribution in [2.45, 2.75) is 52.1 Å². The van der Waals surface area contributed by atoms with E-state index in [0.29, 0.717) is 37.4 Å². The number of hydrogen-bond acceptors (Lipinski definition) is 4. The van der Waals surface area contributed by atoms with Crippen molar-refractivity contribution in [1.29, 1.82) is 0 Å². The largest absolute Gasteiger partial charge is 0.337 e. The molecule has 0 bridgehead atoms. The van der Waals surface area contributed by atoms with Gasteiger partial charge in [-0.1, -0.05) is 0 Å². The van der Waals surface area contributed by atoms with Crippen LogP contribution in [0.2, 0.25) is 0 Å². The molecule has 6 nitrogen and oxygen atoms in total. The van der Waals surface area contributed by atoms with E-state index in [4.69, 9.17) is 0 Å². The third kappa shape index (κ3) is 5.24. The highest BCUT2D eigenvalue weighted by atomic mass is 19.3. The normalized spacial score (nSPS) is 20.6. The summed E-state index contributed by atoms with van der Waals surface area (Å²) in [6.45, 7) is 7.58. The van der Waals surface area contributed by atoms with E-state index >= 15 is 0 Å². The van der Waals surface area contributed by atoms with E-state index in [1.807, 2.05) is 20.8 Å². The van der Waals surface area contributed by atoms with Crippen LogP contribution in [0, 0.1) is 25.6 Å². The molecule has 0 spiro atoms. The molecule has 2 aromatic rings. The number of anilines is 1. The van der Waals surface area contributed by atoms with Crippen molar-refractivity contribution in [3.8, 4) is 0 Å². The third-order valence-electron chi connectivity index (χ3n) is 6.73. The molecule has 1 aliphatic carbocycles. The molecular formula is C25H29F3N4O2. The number of piperazine rings is 1. The first-order valence-electron chi connectivity index (χ1n) is 11.5. The van der Waals surface area contributed by atoms with Crippen molar-refractivity contribution in [1.82, 2.24) is 14.8 Å². The minimum atomic E-state index is -2.72. The number of halogens is 3. The molecule has 0 radical (unpaired) electrons. The number of amides is 2. The van der Waals surface area contributed by atoms with E-state index in [2.05, 4.69) is 15.2 Å². The van der Waals surface area contributed by atoms with Crippen molar-refractivity contribution >= 4 is 17.5 Å². The first-order chi connectivity index (χ1) is 16.0. The molecule has 1 aromatic carbocycles. The first kappa shape index (κ1) is 24.2. The molecule has 1 N–H and O–H groups in total. The molecule has 9 heteroatoms. The number of carbonyl (C=O) groups is 2. The molecule has 2 amide bonds. The predicted octanol–water partition coefficient (Wildman–Crippen LogP) is 4.17. The summed E-state index contributed by atoms with van der Waals surface area (Å²) in [4.78, 5) is 33.1. The van der Waals surface area contributed by atoms with Gasteiger partial charge in [-0.05, 0) is 56.2 Å². The van der Waals surface area contributed by atoms with Crippen LogP contribution >= 0.6 is 0 Å². The Morgan fingerprint density at radius 1 is 1.18 bits per heavy atom. The van der Waals surface area contributed by atoms with Gasteiger partial charge in [0.2, 0.25) is 11.8 Å². The zero-order valence-corrected chi connectivity index (χ0v) is 19.6. The minimum absolute atomic E-state index is 0.127. The lowest BCUT2D eigenvalue weighted by Crippen LogP contribution is -2.57. The van der Waals surface area contributed by atoms with Gasteiger partial charge in [-0.3, -0.25) is 19.5 Å². The number of nitrogens with zero attached hydrogens (tertiary/aromatic N) is 3. The Balaban J connectivity index is 1.40. The number of aromatic nitrogens is 1. The summed E-state index contributed by atoms with van der Waals surface area (Å²) in [6, 6.07) is 6.03. The zero-order valence-electron chi connectivity index (χ0n) is 19.6. The summed E-state index contributed by atoms with van der Waals surface area (Å²) in [5, 5.41) is 2.78. The molecule has 2 fully saturated rings. The number of rotatable bonds is 5.